The molecule has 0 atom stereocenters. The fraction of sp³-hybridized carbons (Fsp3) is 0.0667. The van der Waals surface area contributed by atoms with Gasteiger partial charge in [-0.25, -0.2) is 0 Å². The number of aldehydes is 1. The van der Waals surface area contributed by atoms with Crippen molar-refractivity contribution in [3.63, 3.8) is 0 Å². The van der Waals surface area contributed by atoms with Crippen molar-refractivity contribution in [2.75, 3.05) is 0 Å². The summed E-state index contributed by atoms with van der Waals surface area (Å²) in [5.41, 5.74) is 3.66. The number of fused-ring (bicyclic) bond motifs is 1. The molecule has 3 rings (SSSR count). The molecule has 0 saturated heterocycles. The van der Waals surface area contributed by atoms with E-state index in [1.165, 1.54) is 0 Å². The maximum absolute atomic E-state index is 10.8. The van der Waals surface area contributed by atoms with Gasteiger partial charge in [-0.15, -0.1) is 0 Å². The first-order chi connectivity index (χ1) is 8.79. The summed E-state index contributed by atoms with van der Waals surface area (Å²) in [6.07, 6.45) is 2.70. The van der Waals surface area contributed by atoms with Crippen LogP contribution in [0.3, 0.4) is 0 Å². The van der Waals surface area contributed by atoms with Crippen LogP contribution in [-0.2, 0) is 7.05 Å². The van der Waals surface area contributed by atoms with E-state index in [0.717, 1.165) is 28.4 Å². The van der Waals surface area contributed by atoms with E-state index < -0.39 is 0 Å². The number of aromatic nitrogens is 2. The molecular weight excluding hydrogens is 224 g/mol. The average molecular weight is 236 g/mol. The highest BCUT2D eigenvalue weighted by Gasteiger charge is 2.07. The van der Waals surface area contributed by atoms with Crippen LogP contribution in [0.1, 0.15) is 10.5 Å². The summed E-state index contributed by atoms with van der Waals surface area (Å²) in [4.78, 5) is 15.3. The van der Waals surface area contributed by atoms with Crippen molar-refractivity contribution in [2.45, 2.75) is 0 Å². The molecule has 0 aliphatic carbocycles. The molecule has 0 radical (unpaired) electrons. The van der Waals surface area contributed by atoms with Gasteiger partial charge in [0.25, 0.3) is 0 Å². The Morgan fingerprint density at radius 2 is 2.00 bits per heavy atom. The number of rotatable bonds is 2. The van der Waals surface area contributed by atoms with Crippen LogP contribution in [0.25, 0.3) is 22.2 Å². The van der Waals surface area contributed by atoms with Crippen molar-refractivity contribution in [1.29, 1.82) is 0 Å². The number of carbonyl (C=O) groups is 1. The molecular formula is C15H12N2O. The SMILES string of the molecule is Cn1c(C=O)ccc1-c1cnc2ccccc2c1. The van der Waals surface area contributed by atoms with E-state index >= 15 is 0 Å². The minimum absolute atomic E-state index is 0.665. The summed E-state index contributed by atoms with van der Waals surface area (Å²) in [6, 6.07) is 13.8. The van der Waals surface area contributed by atoms with Crippen LogP contribution in [0.2, 0.25) is 0 Å². The Bertz CT molecular complexity index is 728. The van der Waals surface area contributed by atoms with E-state index in [0.29, 0.717) is 5.69 Å². The number of hydrogen-bond donors (Lipinski definition) is 0. The molecule has 3 heteroatoms. The smallest absolute Gasteiger partial charge is 0.166 e. The van der Waals surface area contributed by atoms with Gasteiger partial charge in [-0.1, -0.05) is 18.2 Å². The van der Waals surface area contributed by atoms with Gasteiger partial charge in [0, 0.05) is 29.9 Å². The summed E-state index contributed by atoms with van der Waals surface area (Å²) in [6.45, 7) is 0. The van der Waals surface area contributed by atoms with Gasteiger partial charge in [0.1, 0.15) is 0 Å². The van der Waals surface area contributed by atoms with Crippen LogP contribution >= 0.6 is 0 Å². The normalized spacial score (nSPS) is 10.7. The molecule has 1 aromatic carbocycles. The maximum Gasteiger partial charge on any atom is 0.166 e. The lowest BCUT2D eigenvalue weighted by atomic mass is 10.1. The minimum Gasteiger partial charge on any atom is -0.341 e. The number of pyridine rings is 1. The molecule has 0 spiro atoms. The molecule has 0 amide bonds. The molecule has 0 bridgehead atoms. The van der Waals surface area contributed by atoms with E-state index in [1.54, 1.807) is 0 Å². The highest BCUT2D eigenvalue weighted by atomic mass is 16.1. The quantitative estimate of drug-likeness (QED) is 0.641. The van der Waals surface area contributed by atoms with Crippen molar-refractivity contribution in [3.8, 4) is 11.3 Å². The van der Waals surface area contributed by atoms with Gasteiger partial charge in [0.15, 0.2) is 6.29 Å². The van der Waals surface area contributed by atoms with E-state index in [2.05, 4.69) is 11.1 Å². The Kier molecular flexibility index (Phi) is 2.45. The molecule has 0 unspecified atom stereocenters. The molecule has 88 valence electrons. The molecule has 0 N–H and O–H groups in total. The van der Waals surface area contributed by atoms with Crippen molar-refractivity contribution >= 4 is 17.2 Å². The van der Waals surface area contributed by atoms with Crippen LogP contribution in [0.15, 0.2) is 48.7 Å². The first-order valence-corrected chi connectivity index (χ1v) is 5.75. The van der Waals surface area contributed by atoms with Gasteiger partial charge in [-0.2, -0.15) is 0 Å². The van der Waals surface area contributed by atoms with E-state index in [9.17, 15) is 4.79 Å². The third-order valence-electron chi connectivity index (χ3n) is 3.17. The summed E-state index contributed by atoms with van der Waals surface area (Å²) in [5, 5.41) is 1.10. The Morgan fingerprint density at radius 3 is 2.78 bits per heavy atom. The first kappa shape index (κ1) is 10.7. The third-order valence-corrected chi connectivity index (χ3v) is 3.17. The molecule has 0 aliphatic rings. The van der Waals surface area contributed by atoms with Crippen LogP contribution in [0.4, 0.5) is 0 Å². The molecule has 0 fully saturated rings. The zero-order chi connectivity index (χ0) is 12.5. The zero-order valence-corrected chi connectivity index (χ0v) is 10.00. The predicted molar refractivity (Wildman–Crippen MR) is 71.5 cm³/mol. The lowest BCUT2D eigenvalue weighted by Crippen LogP contribution is -1.96. The molecule has 0 aliphatic heterocycles. The zero-order valence-electron chi connectivity index (χ0n) is 10.00. The van der Waals surface area contributed by atoms with Crippen LogP contribution in [-0.4, -0.2) is 15.8 Å². The number of carbonyl (C=O) groups excluding carboxylic acids is 1. The topological polar surface area (TPSA) is 34.9 Å². The molecule has 3 aromatic rings. The lowest BCUT2D eigenvalue weighted by Gasteiger charge is -2.05. The van der Waals surface area contributed by atoms with Gasteiger partial charge in [0.2, 0.25) is 0 Å². The predicted octanol–water partition coefficient (Wildman–Crippen LogP) is 3.05. The van der Waals surface area contributed by atoms with Crippen molar-refractivity contribution in [1.82, 2.24) is 9.55 Å². The monoisotopic (exact) mass is 236 g/mol. The Hall–Kier alpha value is -2.42. The van der Waals surface area contributed by atoms with Gasteiger partial charge < -0.3 is 4.57 Å². The third kappa shape index (κ3) is 1.61. The van der Waals surface area contributed by atoms with Crippen molar-refractivity contribution in [3.05, 3.63) is 54.4 Å². The van der Waals surface area contributed by atoms with E-state index in [4.69, 9.17) is 0 Å². The van der Waals surface area contributed by atoms with E-state index in [-0.39, 0.29) is 0 Å². The number of para-hydroxylation sites is 1. The molecule has 18 heavy (non-hydrogen) atoms. The molecule has 0 saturated carbocycles. The molecule has 2 aromatic heterocycles. The highest BCUT2D eigenvalue weighted by Crippen LogP contribution is 2.23. The summed E-state index contributed by atoms with van der Waals surface area (Å²) in [5.74, 6) is 0. The summed E-state index contributed by atoms with van der Waals surface area (Å²) in [7, 11) is 1.88. The number of hydrogen-bond acceptors (Lipinski definition) is 2. The summed E-state index contributed by atoms with van der Waals surface area (Å²) < 4.78 is 1.87. The number of benzene rings is 1. The van der Waals surface area contributed by atoms with Crippen molar-refractivity contribution < 1.29 is 4.79 Å². The highest BCUT2D eigenvalue weighted by molar-refractivity contribution is 5.84. The fourth-order valence-electron chi connectivity index (χ4n) is 2.15. The van der Waals surface area contributed by atoms with Crippen molar-refractivity contribution in [2.24, 2.45) is 7.05 Å². The van der Waals surface area contributed by atoms with Crippen LogP contribution < -0.4 is 0 Å². The van der Waals surface area contributed by atoms with E-state index in [1.807, 2.05) is 54.2 Å². The van der Waals surface area contributed by atoms with Gasteiger partial charge >= 0.3 is 0 Å². The first-order valence-electron chi connectivity index (χ1n) is 5.75. The Morgan fingerprint density at radius 1 is 1.17 bits per heavy atom. The fourth-order valence-corrected chi connectivity index (χ4v) is 2.15. The Balaban J connectivity index is 2.19. The standard InChI is InChI=1S/C15H12N2O/c1-17-13(10-18)6-7-15(17)12-8-11-4-2-3-5-14(11)16-9-12/h2-10H,1H3. The van der Waals surface area contributed by atoms with Crippen LogP contribution in [0, 0.1) is 0 Å². The van der Waals surface area contributed by atoms with Crippen LogP contribution in [0.5, 0.6) is 0 Å². The number of nitrogens with zero attached hydrogens (tertiary/aromatic N) is 2. The second kappa shape index (κ2) is 4.11. The Labute approximate surface area is 105 Å². The maximum atomic E-state index is 10.8. The van der Waals surface area contributed by atoms with Gasteiger partial charge in [0.05, 0.1) is 11.2 Å². The van der Waals surface area contributed by atoms with Gasteiger partial charge in [-0.3, -0.25) is 9.78 Å². The largest absolute Gasteiger partial charge is 0.341 e. The molecule has 2 heterocycles. The average Bonchev–Trinajstić information content (AvgIpc) is 2.79. The minimum atomic E-state index is 0.665. The summed E-state index contributed by atoms with van der Waals surface area (Å²) >= 11 is 0. The lowest BCUT2D eigenvalue weighted by molar-refractivity contribution is 0.111. The van der Waals surface area contributed by atoms with Gasteiger partial charge in [-0.05, 0) is 24.3 Å². The second-order valence-corrected chi connectivity index (χ2v) is 4.24. The second-order valence-electron chi connectivity index (χ2n) is 4.24. The molecule has 3 nitrogen and oxygen atoms in total.